The van der Waals surface area contributed by atoms with Gasteiger partial charge in [-0.1, -0.05) is 30.3 Å². The summed E-state index contributed by atoms with van der Waals surface area (Å²) in [6.45, 7) is 4.34. The van der Waals surface area contributed by atoms with E-state index in [1.165, 1.54) is 5.56 Å². The highest BCUT2D eigenvalue weighted by atomic mass is 16.7. The molecule has 1 atom stereocenters. The fourth-order valence-corrected chi connectivity index (χ4v) is 2.52. The summed E-state index contributed by atoms with van der Waals surface area (Å²) >= 11 is 0. The molecule has 1 fully saturated rings. The Kier molecular flexibility index (Phi) is 7.03. The van der Waals surface area contributed by atoms with Crippen LogP contribution in [0.3, 0.4) is 0 Å². The number of nitrogens with one attached hydrogen (secondary N) is 1. The molecule has 0 bridgehead atoms. The third-order valence-electron chi connectivity index (χ3n) is 3.81. The third-order valence-corrected chi connectivity index (χ3v) is 3.81. The Morgan fingerprint density at radius 2 is 2.09 bits per heavy atom. The van der Waals surface area contributed by atoms with E-state index in [9.17, 15) is 9.59 Å². The summed E-state index contributed by atoms with van der Waals surface area (Å²) in [5, 5.41) is 0. The van der Waals surface area contributed by atoms with Gasteiger partial charge in [0.05, 0.1) is 19.1 Å². The molecule has 1 N–H and O–H groups in total. The number of ether oxygens (including phenoxy) is 1. The number of carbonyl (C=O) groups excluding carboxylic acids is 2. The van der Waals surface area contributed by atoms with Crippen molar-refractivity contribution in [2.24, 2.45) is 5.92 Å². The van der Waals surface area contributed by atoms with Crippen molar-refractivity contribution in [1.29, 1.82) is 0 Å². The zero-order valence-corrected chi connectivity index (χ0v) is 13.5. The minimum absolute atomic E-state index is 0.0235. The van der Waals surface area contributed by atoms with Gasteiger partial charge in [0.2, 0.25) is 11.8 Å². The summed E-state index contributed by atoms with van der Waals surface area (Å²) in [7, 11) is 0. The molecule has 1 aromatic carbocycles. The summed E-state index contributed by atoms with van der Waals surface area (Å²) in [6, 6.07) is 10.0. The van der Waals surface area contributed by atoms with Crippen molar-refractivity contribution < 1.29 is 19.2 Å². The Bertz CT molecular complexity index is 507. The lowest BCUT2D eigenvalue weighted by Gasteiger charge is -2.16. The largest absolute Gasteiger partial charge is 0.379 e. The molecule has 1 aliphatic heterocycles. The van der Waals surface area contributed by atoms with E-state index in [0.717, 1.165) is 6.42 Å². The first-order valence-electron chi connectivity index (χ1n) is 8.01. The van der Waals surface area contributed by atoms with E-state index in [-0.39, 0.29) is 24.2 Å². The molecule has 0 radical (unpaired) electrons. The van der Waals surface area contributed by atoms with Gasteiger partial charge in [0.1, 0.15) is 0 Å². The number of nitrogens with zero attached hydrogens (tertiary/aromatic N) is 1. The number of hydrogen-bond acceptors (Lipinski definition) is 4. The van der Waals surface area contributed by atoms with Crippen molar-refractivity contribution >= 4 is 11.8 Å². The topological polar surface area (TPSA) is 67.9 Å². The van der Waals surface area contributed by atoms with Crippen LogP contribution in [0.5, 0.6) is 0 Å². The number of amides is 2. The number of carbonyl (C=O) groups is 2. The van der Waals surface area contributed by atoms with E-state index < -0.39 is 0 Å². The smallest absolute Gasteiger partial charge is 0.248 e. The van der Waals surface area contributed by atoms with Crippen molar-refractivity contribution in [3.63, 3.8) is 0 Å². The van der Waals surface area contributed by atoms with Gasteiger partial charge < -0.3 is 9.64 Å². The van der Waals surface area contributed by atoms with Gasteiger partial charge in [0.25, 0.3) is 0 Å². The Balaban J connectivity index is 1.70. The SMILES string of the molecule is CCOCCONC(=O)C1CC(=O)N(CCc2ccccc2)C1. The minimum atomic E-state index is -0.342. The van der Waals surface area contributed by atoms with Gasteiger partial charge in [-0.3, -0.25) is 14.4 Å². The third kappa shape index (κ3) is 5.65. The predicted molar refractivity (Wildman–Crippen MR) is 85.4 cm³/mol. The molecule has 23 heavy (non-hydrogen) atoms. The highest BCUT2D eigenvalue weighted by Crippen LogP contribution is 2.18. The molecule has 6 heteroatoms. The maximum atomic E-state index is 12.0. The first-order valence-corrected chi connectivity index (χ1v) is 8.01. The highest BCUT2D eigenvalue weighted by molar-refractivity contribution is 5.88. The van der Waals surface area contributed by atoms with E-state index in [1.807, 2.05) is 37.3 Å². The van der Waals surface area contributed by atoms with Gasteiger partial charge in [0, 0.05) is 26.1 Å². The van der Waals surface area contributed by atoms with Crippen LogP contribution in [0.25, 0.3) is 0 Å². The van der Waals surface area contributed by atoms with Crippen molar-refractivity contribution in [2.45, 2.75) is 19.8 Å². The molecule has 0 spiro atoms. The second-order valence-corrected chi connectivity index (χ2v) is 5.49. The Morgan fingerprint density at radius 3 is 2.83 bits per heavy atom. The van der Waals surface area contributed by atoms with Crippen LogP contribution in [-0.4, -0.2) is 49.6 Å². The molecule has 6 nitrogen and oxygen atoms in total. The normalized spacial score (nSPS) is 17.5. The Morgan fingerprint density at radius 1 is 1.30 bits per heavy atom. The van der Waals surface area contributed by atoms with Gasteiger partial charge in [-0.05, 0) is 18.9 Å². The number of likely N-dealkylation sites (tertiary alicyclic amines) is 1. The summed E-state index contributed by atoms with van der Waals surface area (Å²) in [5.74, 6) is -0.558. The zero-order valence-electron chi connectivity index (χ0n) is 13.5. The van der Waals surface area contributed by atoms with Crippen molar-refractivity contribution in [2.75, 3.05) is 32.9 Å². The average Bonchev–Trinajstić information content (AvgIpc) is 2.94. The molecular formula is C17H24N2O4. The number of benzene rings is 1. The molecule has 1 aromatic rings. The van der Waals surface area contributed by atoms with Crippen molar-refractivity contribution in [3.8, 4) is 0 Å². The summed E-state index contributed by atoms with van der Waals surface area (Å²) < 4.78 is 5.11. The summed E-state index contributed by atoms with van der Waals surface area (Å²) in [4.78, 5) is 30.8. The van der Waals surface area contributed by atoms with Crippen LogP contribution in [0.1, 0.15) is 18.9 Å². The molecule has 2 amide bonds. The second kappa shape index (κ2) is 9.27. The first kappa shape index (κ1) is 17.4. The van der Waals surface area contributed by atoms with Crippen LogP contribution in [0.4, 0.5) is 0 Å². The Hall–Kier alpha value is -1.92. The number of hydrogen-bond donors (Lipinski definition) is 1. The number of rotatable bonds is 9. The summed E-state index contributed by atoms with van der Waals surface area (Å²) in [5.41, 5.74) is 3.59. The van der Waals surface area contributed by atoms with E-state index in [2.05, 4.69) is 5.48 Å². The van der Waals surface area contributed by atoms with E-state index in [0.29, 0.717) is 32.9 Å². The molecule has 0 aromatic heterocycles. The molecule has 1 saturated heterocycles. The molecule has 1 aliphatic rings. The Labute approximate surface area is 136 Å². The predicted octanol–water partition coefficient (Wildman–Crippen LogP) is 1.16. The molecule has 0 aliphatic carbocycles. The molecule has 1 unspecified atom stereocenters. The number of hydroxylamine groups is 1. The van der Waals surface area contributed by atoms with Crippen LogP contribution in [0.2, 0.25) is 0 Å². The quantitative estimate of drug-likeness (QED) is 0.548. The van der Waals surface area contributed by atoms with Crippen LogP contribution in [0.15, 0.2) is 30.3 Å². The van der Waals surface area contributed by atoms with E-state index in [4.69, 9.17) is 9.57 Å². The molecule has 2 rings (SSSR count). The van der Waals surface area contributed by atoms with Gasteiger partial charge >= 0.3 is 0 Å². The lowest BCUT2D eigenvalue weighted by atomic mass is 10.1. The van der Waals surface area contributed by atoms with Gasteiger partial charge in [-0.2, -0.15) is 0 Å². The van der Waals surface area contributed by atoms with Crippen LogP contribution in [-0.2, 0) is 25.6 Å². The lowest BCUT2D eigenvalue weighted by Crippen LogP contribution is -2.34. The van der Waals surface area contributed by atoms with Crippen LogP contribution >= 0.6 is 0 Å². The van der Waals surface area contributed by atoms with Gasteiger partial charge in [-0.15, -0.1) is 0 Å². The average molecular weight is 320 g/mol. The molecular weight excluding hydrogens is 296 g/mol. The maximum absolute atomic E-state index is 12.0. The zero-order chi connectivity index (χ0) is 16.5. The highest BCUT2D eigenvalue weighted by Gasteiger charge is 2.34. The van der Waals surface area contributed by atoms with E-state index in [1.54, 1.807) is 4.90 Å². The fraction of sp³-hybridized carbons (Fsp3) is 0.529. The minimum Gasteiger partial charge on any atom is -0.379 e. The summed E-state index contributed by atoms with van der Waals surface area (Å²) in [6.07, 6.45) is 1.04. The fourth-order valence-electron chi connectivity index (χ4n) is 2.52. The van der Waals surface area contributed by atoms with Crippen LogP contribution < -0.4 is 5.48 Å². The monoisotopic (exact) mass is 320 g/mol. The van der Waals surface area contributed by atoms with Crippen molar-refractivity contribution in [1.82, 2.24) is 10.4 Å². The maximum Gasteiger partial charge on any atom is 0.248 e. The van der Waals surface area contributed by atoms with Gasteiger partial charge in [0.15, 0.2) is 0 Å². The van der Waals surface area contributed by atoms with Crippen molar-refractivity contribution in [3.05, 3.63) is 35.9 Å². The standard InChI is InChI=1S/C17H24N2O4/c1-2-22-10-11-23-18-17(21)15-12-16(20)19(13-15)9-8-14-6-4-3-5-7-14/h3-7,15H,2,8-13H2,1H3,(H,18,21). The molecule has 126 valence electrons. The van der Waals surface area contributed by atoms with Gasteiger partial charge in [-0.25, -0.2) is 5.48 Å². The van der Waals surface area contributed by atoms with Crippen LogP contribution in [0, 0.1) is 5.92 Å². The second-order valence-electron chi connectivity index (χ2n) is 5.49. The lowest BCUT2D eigenvalue weighted by molar-refractivity contribution is -0.139. The van der Waals surface area contributed by atoms with E-state index >= 15 is 0 Å². The molecule has 0 saturated carbocycles. The first-order chi connectivity index (χ1) is 11.2. The molecule has 1 heterocycles.